The molecule has 0 heterocycles. The zero-order chi connectivity index (χ0) is 20.1. The molecule has 0 saturated heterocycles. The van der Waals surface area contributed by atoms with E-state index in [1.54, 1.807) is 0 Å². The summed E-state index contributed by atoms with van der Waals surface area (Å²) < 4.78 is 6.06. The molecular formula is C22H38N2O2. The predicted octanol–water partition coefficient (Wildman–Crippen LogP) is 4.70. The predicted molar refractivity (Wildman–Crippen MR) is 112 cm³/mol. The second-order valence-corrected chi connectivity index (χ2v) is 6.77. The van der Waals surface area contributed by atoms with Gasteiger partial charge in [-0.2, -0.15) is 0 Å². The van der Waals surface area contributed by atoms with Crippen molar-refractivity contribution in [3.8, 4) is 5.75 Å². The Kier molecular flexibility index (Phi) is 12.5. The fraction of sp³-hybridized carbons (Fsp3) is 0.591. The van der Waals surface area contributed by atoms with Crippen LogP contribution >= 0.6 is 0 Å². The molecule has 3 N–H and O–H groups in total. The van der Waals surface area contributed by atoms with Crippen molar-refractivity contribution in [1.82, 2.24) is 5.32 Å². The number of rotatable bonds is 10. The zero-order valence-corrected chi connectivity index (χ0v) is 17.7. The smallest absolute Gasteiger partial charge is 0.221 e. The van der Waals surface area contributed by atoms with Crippen LogP contribution in [-0.4, -0.2) is 25.1 Å². The Labute approximate surface area is 160 Å². The van der Waals surface area contributed by atoms with E-state index in [4.69, 9.17) is 10.5 Å². The van der Waals surface area contributed by atoms with Crippen molar-refractivity contribution in [2.24, 2.45) is 11.7 Å². The molecule has 1 amide bonds. The molecule has 26 heavy (non-hydrogen) atoms. The van der Waals surface area contributed by atoms with Crippen LogP contribution in [0.15, 0.2) is 23.8 Å². The van der Waals surface area contributed by atoms with Crippen molar-refractivity contribution in [3.05, 3.63) is 34.9 Å². The topological polar surface area (TPSA) is 64.3 Å². The lowest BCUT2D eigenvalue weighted by Crippen LogP contribution is -2.30. The van der Waals surface area contributed by atoms with Crippen LogP contribution in [0, 0.1) is 12.8 Å². The molecule has 0 spiro atoms. The average Bonchev–Trinajstić information content (AvgIpc) is 2.60. The standard InChI is InChI=1S/C20H32N2O2.C2H6/c1-6-17(11-20(21)23)10-18-16(5)8-7-9-19(18)24-13-15(4)12-22-14(2)3;1-2/h7-10,14-15,22H,6,11-13H2,1-5H3,(H2,21,23);1-2H3/b17-10+;. The Bertz CT molecular complexity index is 565. The molecule has 0 aliphatic carbocycles. The highest BCUT2D eigenvalue weighted by atomic mass is 16.5. The minimum absolute atomic E-state index is 0.291. The molecule has 0 aromatic heterocycles. The fourth-order valence-corrected chi connectivity index (χ4v) is 2.40. The van der Waals surface area contributed by atoms with Crippen LogP contribution in [0.5, 0.6) is 5.75 Å². The Morgan fingerprint density at radius 3 is 2.46 bits per heavy atom. The van der Waals surface area contributed by atoms with Crippen LogP contribution in [0.4, 0.5) is 0 Å². The van der Waals surface area contributed by atoms with Crippen molar-refractivity contribution in [1.29, 1.82) is 0 Å². The number of aryl methyl sites for hydroxylation is 1. The highest BCUT2D eigenvalue weighted by Gasteiger charge is 2.10. The molecule has 0 aliphatic heterocycles. The van der Waals surface area contributed by atoms with Gasteiger partial charge in [0.15, 0.2) is 0 Å². The summed E-state index contributed by atoms with van der Waals surface area (Å²) in [6.45, 7) is 16.1. The summed E-state index contributed by atoms with van der Waals surface area (Å²) in [5.74, 6) is 0.982. The molecular weight excluding hydrogens is 324 g/mol. The highest BCUT2D eigenvalue weighted by Crippen LogP contribution is 2.26. The maximum absolute atomic E-state index is 11.2. The van der Waals surface area contributed by atoms with Gasteiger partial charge in [-0.3, -0.25) is 4.79 Å². The maximum atomic E-state index is 11.2. The molecule has 0 saturated carbocycles. The first-order valence-electron chi connectivity index (χ1n) is 9.77. The third-order valence-electron chi connectivity index (χ3n) is 3.89. The number of nitrogens with one attached hydrogen (secondary N) is 1. The first-order valence-corrected chi connectivity index (χ1v) is 9.77. The number of carbonyl (C=O) groups excluding carboxylic acids is 1. The van der Waals surface area contributed by atoms with Crippen LogP contribution in [0.25, 0.3) is 6.08 Å². The Balaban J connectivity index is 0.00000301. The van der Waals surface area contributed by atoms with E-state index in [1.807, 2.05) is 39.0 Å². The van der Waals surface area contributed by atoms with Crippen LogP contribution in [0.3, 0.4) is 0 Å². The van der Waals surface area contributed by atoms with E-state index >= 15 is 0 Å². The summed E-state index contributed by atoms with van der Waals surface area (Å²) in [6, 6.07) is 6.52. The molecule has 1 atom stereocenters. The Morgan fingerprint density at radius 1 is 1.27 bits per heavy atom. The summed E-state index contributed by atoms with van der Waals surface area (Å²) in [5, 5.41) is 3.43. The first kappa shape index (κ1) is 24.2. The number of primary amides is 1. The van der Waals surface area contributed by atoms with Crippen LogP contribution in [-0.2, 0) is 4.79 Å². The van der Waals surface area contributed by atoms with Crippen LogP contribution in [0.1, 0.15) is 65.5 Å². The lowest BCUT2D eigenvalue weighted by molar-refractivity contribution is -0.117. The van der Waals surface area contributed by atoms with Crippen molar-refractivity contribution >= 4 is 12.0 Å². The average molecular weight is 363 g/mol. The van der Waals surface area contributed by atoms with E-state index < -0.39 is 0 Å². The lowest BCUT2D eigenvalue weighted by atomic mass is 10.0. The van der Waals surface area contributed by atoms with E-state index in [1.165, 1.54) is 0 Å². The summed E-state index contributed by atoms with van der Waals surface area (Å²) in [6.07, 6.45) is 3.14. The molecule has 1 aromatic rings. The van der Waals surface area contributed by atoms with Gasteiger partial charge >= 0.3 is 0 Å². The van der Waals surface area contributed by atoms with Crippen molar-refractivity contribution in [3.63, 3.8) is 0 Å². The molecule has 0 bridgehead atoms. The van der Waals surface area contributed by atoms with Crippen LogP contribution in [0.2, 0.25) is 0 Å². The Hall–Kier alpha value is -1.81. The molecule has 1 unspecified atom stereocenters. The normalized spacial score (nSPS) is 12.4. The fourth-order valence-electron chi connectivity index (χ4n) is 2.40. The van der Waals surface area contributed by atoms with Crippen molar-refractivity contribution in [2.45, 2.75) is 67.3 Å². The molecule has 0 aliphatic rings. The van der Waals surface area contributed by atoms with Gasteiger partial charge in [-0.05, 0) is 25.0 Å². The molecule has 4 heteroatoms. The highest BCUT2D eigenvalue weighted by molar-refractivity contribution is 5.79. The summed E-state index contributed by atoms with van der Waals surface area (Å²) >= 11 is 0. The minimum atomic E-state index is -0.299. The number of carbonyl (C=O) groups is 1. The summed E-state index contributed by atoms with van der Waals surface area (Å²) in [7, 11) is 0. The second-order valence-electron chi connectivity index (χ2n) is 6.77. The first-order chi connectivity index (χ1) is 12.3. The van der Waals surface area contributed by atoms with Gasteiger partial charge in [-0.15, -0.1) is 0 Å². The number of ether oxygens (including phenoxy) is 1. The van der Waals surface area contributed by atoms with Gasteiger partial charge in [0, 0.05) is 30.5 Å². The van der Waals surface area contributed by atoms with Gasteiger partial charge in [0.25, 0.3) is 0 Å². The van der Waals surface area contributed by atoms with Gasteiger partial charge in [0.2, 0.25) is 5.91 Å². The van der Waals surface area contributed by atoms with Gasteiger partial charge in [0.1, 0.15) is 5.75 Å². The largest absolute Gasteiger partial charge is 0.493 e. The van der Waals surface area contributed by atoms with Gasteiger partial charge < -0.3 is 15.8 Å². The van der Waals surface area contributed by atoms with E-state index in [0.717, 1.165) is 35.4 Å². The molecule has 1 aromatic carbocycles. The van der Waals surface area contributed by atoms with E-state index in [2.05, 4.69) is 39.1 Å². The third kappa shape index (κ3) is 9.62. The zero-order valence-electron chi connectivity index (χ0n) is 17.7. The van der Waals surface area contributed by atoms with Gasteiger partial charge in [-0.1, -0.05) is 65.3 Å². The molecule has 0 fully saturated rings. The molecule has 1 rings (SSSR count). The van der Waals surface area contributed by atoms with Crippen molar-refractivity contribution in [2.75, 3.05) is 13.2 Å². The van der Waals surface area contributed by atoms with Gasteiger partial charge in [-0.25, -0.2) is 0 Å². The maximum Gasteiger partial charge on any atom is 0.221 e. The number of benzene rings is 1. The Morgan fingerprint density at radius 2 is 1.92 bits per heavy atom. The molecule has 148 valence electrons. The molecule has 0 radical (unpaired) electrons. The minimum Gasteiger partial charge on any atom is -0.493 e. The van der Waals surface area contributed by atoms with Crippen LogP contribution < -0.4 is 15.8 Å². The number of amides is 1. The van der Waals surface area contributed by atoms with Gasteiger partial charge in [0.05, 0.1) is 6.61 Å². The number of nitrogens with two attached hydrogens (primary N) is 1. The van der Waals surface area contributed by atoms with Crippen molar-refractivity contribution < 1.29 is 9.53 Å². The summed E-state index contributed by atoms with van der Waals surface area (Å²) in [5.41, 5.74) is 8.54. The second kappa shape index (κ2) is 13.4. The third-order valence-corrected chi connectivity index (χ3v) is 3.89. The SMILES string of the molecule is CC.CC/C(=C\c1c(C)cccc1OCC(C)CNC(C)C)CC(N)=O. The molecule has 4 nitrogen and oxygen atoms in total. The quantitative estimate of drug-likeness (QED) is 0.634. The van der Waals surface area contributed by atoms with E-state index in [9.17, 15) is 4.79 Å². The number of hydrogen-bond donors (Lipinski definition) is 2. The summed E-state index contributed by atoms with van der Waals surface area (Å²) in [4.78, 5) is 11.2. The number of hydrogen-bond acceptors (Lipinski definition) is 3. The monoisotopic (exact) mass is 362 g/mol. The lowest BCUT2D eigenvalue weighted by Gasteiger charge is -2.18. The van der Waals surface area contributed by atoms with E-state index in [-0.39, 0.29) is 5.91 Å². The van der Waals surface area contributed by atoms with E-state index in [0.29, 0.717) is 25.0 Å².